The van der Waals surface area contributed by atoms with Crippen LogP contribution in [0.2, 0.25) is 0 Å². The zero-order chi connectivity index (χ0) is 15.5. The Kier molecular flexibility index (Phi) is 4.54. The summed E-state index contributed by atoms with van der Waals surface area (Å²) in [5.74, 6) is 1.33. The Morgan fingerprint density at radius 2 is 2.23 bits per heavy atom. The van der Waals surface area contributed by atoms with Gasteiger partial charge in [0.2, 0.25) is 0 Å². The molecule has 2 aromatic heterocycles. The highest BCUT2D eigenvalue weighted by Crippen LogP contribution is 2.26. The van der Waals surface area contributed by atoms with Crippen LogP contribution < -0.4 is 0 Å². The van der Waals surface area contributed by atoms with Gasteiger partial charge < -0.3 is 9.26 Å². The third kappa shape index (κ3) is 3.36. The fourth-order valence-corrected chi connectivity index (χ4v) is 2.80. The predicted octanol–water partition coefficient (Wildman–Crippen LogP) is 1.94. The molecule has 7 heteroatoms. The lowest BCUT2D eigenvalue weighted by molar-refractivity contribution is 0.0835. The molecule has 120 valence electrons. The summed E-state index contributed by atoms with van der Waals surface area (Å²) in [5, 5.41) is 11.3. The van der Waals surface area contributed by atoms with Crippen LogP contribution in [-0.2, 0) is 17.7 Å². The van der Waals surface area contributed by atoms with Crippen molar-refractivity contribution in [3.8, 4) is 0 Å². The monoisotopic (exact) mass is 305 g/mol. The third-order valence-electron chi connectivity index (χ3n) is 4.12. The van der Waals surface area contributed by atoms with E-state index in [-0.39, 0.29) is 6.10 Å². The molecule has 3 heterocycles. The lowest BCUT2D eigenvalue weighted by Gasteiger charge is -2.14. The molecular weight excluding hydrogens is 282 g/mol. The van der Waals surface area contributed by atoms with E-state index in [9.17, 15) is 0 Å². The quantitative estimate of drug-likeness (QED) is 0.878. The van der Waals surface area contributed by atoms with Gasteiger partial charge in [-0.2, -0.15) is 10.1 Å². The Balaban J connectivity index is 1.52. The number of aryl methyl sites for hydroxylation is 2. The summed E-state index contributed by atoms with van der Waals surface area (Å²) in [7, 11) is 2.06. The van der Waals surface area contributed by atoms with E-state index in [1.54, 1.807) is 0 Å². The molecule has 3 rings (SSSR count). The highest BCUT2D eigenvalue weighted by molar-refractivity contribution is 5.23. The summed E-state index contributed by atoms with van der Waals surface area (Å²) in [6, 6.07) is 0. The Morgan fingerprint density at radius 1 is 1.36 bits per heavy atom. The van der Waals surface area contributed by atoms with Gasteiger partial charge in [0.25, 0.3) is 5.89 Å². The molecule has 7 nitrogen and oxygen atoms in total. The molecule has 22 heavy (non-hydrogen) atoms. The van der Waals surface area contributed by atoms with Gasteiger partial charge in [0.05, 0.1) is 12.2 Å². The predicted molar refractivity (Wildman–Crippen MR) is 80.3 cm³/mol. The molecule has 0 radical (unpaired) electrons. The normalized spacial score (nSPS) is 18.5. The van der Waals surface area contributed by atoms with Crippen molar-refractivity contribution in [3.05, 3.63) is 28.7 Å². The number of nitrogens with one attached hydrogen (secondary N) is 1. The van der Waals surface area contributed by atoms with Crippen LogP contribution >= 0.6 is 0 Å². The Bertz CT molecular complexity index is 596. The first-order valence-corrected chi connectivity index (χ1v) is 7.76. The molecule has 1 fully saturated rings. The molecule has 0 aliphatic carbocycles. The largest absolute Gasteiger partial charge is 0.368 e. The second kappa shape index (κ2) is 6.58. The molecule has 1 N–H and O–H groups in total. The average Bonchev–Trinajstić information content (AvgIpc) is 3.20. The molecule has 1 atom stereocenters. The van der Waals surface area contributed by atoms with Gasteiger partial charge in [-0.15, -0.1) is 0 Å². The van der Waals surface area contributed by atoms with Gasteiger partial charge in [-0.05, 0) is 45.7 Å². The molecule has 0 amide bonds. The first-order valence-electron chi connectivity index (χ1n) is 7.76. The molecule has 0 bridgehead atoms. The van der Waals surface area contributed by atoms with E-state index in [0.717, 1.165) is 43.8 Å². The minimum Gasteiger partial charge on any atom is -0.368 e. The lowest BCUT2D eigenvalue weighted by atomic mass is 10.1. The maximum Gasteiger partial charge on any atom is 0.255 e. The second-order valence-corrected chi connectivity index (χ2v) is 5.95. The number of ether oxygens (including phenoxy) is 1. The number of hydrogen-bond donors (Lipinski definition) is 1. The van der Waals surface area contributed by atoms with Crippen LogP contribution in [0, 0.1) is 13.8 Å². The van der Waals surface area contributed by atoms with Crippen LogP contribution in [0.25, 0.3) is 0 Å². The zero-order valence-electron chi connectivity index (χ0n) is 13.4. The standard InChI is InChI=1S/C15H23N5O2/c1-10-12(11(2)18-17-10)6-7-20(3)9-14-16-15(22-19-14)13-5-4-8-21-13/h13H,4-9H2,1-3H3,(H,17,18)/t13-/m0/s1. The molecule has 1 saturated heterocycles. The van der Waals surface area contributed by atoms with E-state index >= 15 is 0 Å². The fraction of sp³-hybridized carbons (Fsp3) is 0.667. The first kappa shape index (κ1) is 15.2. The van der Waals surface area contributed by atoms with Crippen LogP contribution in [0.15, 0.2) is 4.52 Å². The van der Waals surface area contributed by atoms with E-state index in [0.29, 0.717) is 18.3 Å². The molecule has 0 unspecified atom stereocenters. The molecule has 0 aromatic carbocycles. The minimum atomic E-state index is -0.0113. The maximum absolute atomic E-state index is 5.56. The van der Waals surface area contributed by atoms with Crippen molar-refractivity contribution >= 4 is 0 Å². The number of nitrogens with zero attached hydrogens (tertiary/aromatic N) is 4. The summed E-state index contributed by atoms with van der Waals surface area (Å²) in [4.78, 5) is 6.64. The van der Waals surface area contributed by atoms with Gasteiger partial charge in [-0.3, -0.25) is 10.00 Å². The van der Waals surface area contributed by atoms with Crippen LogP contribution in [0.1, 0.15) is 47.6 Å². The van der Waals surface area contributed by atoms with Crippen molar-refractivity contribution in [1.29, 1.82) is 0 Å². The molecular formula is C15H23N5O2. The van der Waals surface area contributed by atoms with Crippen LogP contribution in [0.3, 0.4) is 0 Å². The first-order chi connectivity index (χ1) is 10.6. The molecule has 1 aliphatic heterocycles. The Morgan fingerprint density at radius 3 is 2.91 bits per heavy atom. The Labute approximate surface area is 130 Å². The number of aromatic nitrogens is 4. The van der Waals surface area contributed by atoms with Crippen molar-refractivity contribution < 1.29 is 9.26 Å². The number of rotatable bonds is 6. The summed E-state index contributed by atoms with van der Waals surface area (Å²) < 4.78 is 10.9. The van der Waals surface area contributed by atoms with Gasteiger partial charge in [0.1, 0.15) is 6.10 Å². The smallest absolute Gasteiger partial charge is 0.255 e. The van der Waals surface area contributed by atoms with E-state index in [2.05, 4.69) is 39.2 Å². The van der Waals surface area contributed by atoms with Gasteiger partial charge in [-0.1, -0.05) is 5.16 Å². The zero-order valence-corrected chi connectivity index (χ0v) is 13.4. The van der Waals surface area contributed by atoms with Crippen molar-refractivity contribution in [1.82, 2.24) is 25.2 Å². The Hall–Kier alpha value is -1.73. The maximum atomic E-state index is 5.56. The van der Waals surface area contributed by atoms with Gasteiger partial charge in [0, 0.05) is 18.8 Å². The van der Waals surface area contributed by atoms with Crippen LogP contribution in [0.5, 0.6) is 0 Å². The summed E-state index contributed by atoms with van der Waals surface area (Å²) in [6.07, 6.45) is 2.98. The van der Waals surface area contributed by atoms with Gasteiger partial charge >= 0.3 is 0 Å². The van der Waals surface area contributed by atoms with Crippen molar-refractivity contribution in [3.63, 3.8) is 0 Å². The van der Waals surface area contributed by atoms with Crippen molar-refractivity contribution in [2.45, 2.75) is 45.8 Å². The highest BCUT2D eigenvalue weighted by atomic mass is 16.5. The molecule has 0 spiro atoms. The van der Waals surface area contributed by atoms with Crippen LogP contribution in [0.4, 0.5) is 0 Å². The van der Waals surface area contributed by atoms with E-state index < -0.39 is 0 Å². The number of aromatic amines is 1. The summed E-state index contributed by atoms with van der Waals surface area (Å²) in [6.45, 7) is 6.47. The lowest BCUT2D eigenvalue weighted by Crippen LogP contribution is -2.21. The van der Waals surface area contributed by atoms with E-state index in [1.807, 2.05) is 6.92 Å². The number of likely N-dealkylation sites (N-methyl/N-ethyl adjacent to an activating group) is 1. The van der Waals surface area contributed by atoms with E-state index in [4.69, 9.17) is 9.26 Å². The van der Waals surface area contributed by atoms with Crippen LogP contribution in [-0.4, -0.2) is 45.4 Å². The van der Waals surface area contributed by atoms with Gasteiger partial charge in [-0.25, -0.2) is 0 Å². The number of H-pyrrole nitrogens is 1. The topological polar surface area (TPSA) is 80.1 Å². The van der Waals surface area contributed by atoms with Crippen molar-refractivity contribution in [2.75, 3.05) is 20.2 Å². The van der Waals surface area contributed by atoms with E-state index in [1.165, 1.54) is 5.56 Å². The number of hydrogen-bond acceptors (Lipinski definition) is 6. The SMILES string of the molecule is Cc1n[nH]c(C)c1CCN(C)Cc1noc([C@@H]2CCCO2)n1. The molecule has 1 aliphatic rings. The third-order valence-corrected chi connectivity index (χ3v) is 4.12. The molecule has 0 saturated carbocycles. The van der Waals surface area contributed by atoms with Crippen molar-refractivity contribution in [2.24, 2.45) is 0 Å². The second-order valence-electron chi connectivity index (χ2n) is 5.95. The average molecular weight is 305 g/mol. The highest BCUT2D eigenvalue weighted by Gasteiger charge is 2.24. The van der Waals surface area contributed by atoms with Gasteiger partial charge in [0.15, 0.2) is 5.82 Å². The summed E-state index contributed by atoms with van der Waals surface area (Å²) >= 11 is 0. The summed E-state index contributed by atoms with van der Waals surface area (Å²) in [5.41, 5.74) is 3.51. The fourth-order valence-electron chi connectivity index (χ4n) is 2.80. The molecule has 2 aromatic rings. The minimum absolute atomic E-state index is 0.0113.